The number of imidazole rings is 1. The van der Waals surface area contributed by atoms with Crippen LogP contribution >= 0.6 is 0 Å². The van der Waals surface area contributed by atoms with Gasteiger partial charge in [0.2, 0.25) is 0 Å². The molecule has 0 saturated heterocycles. The number of fused-ring (bicyclic) bond motifs is 1. The maximum atomic E-state index is 12.0. The van der Waals surface area contributed by atoms with E-state index >= 15 is 0 Å². The first-order chi connectivity index (χ1) is 10.2. The minimum atomic E-state index is -2.80. The number of rotatable bonds is 4. The normalized spacial score (nSPS) is 11.6. The number of nitrogens with zero attached hydrogens (tertiary/aromatic N) is 1. The number of benzene rings is 2. The average molecular weight is 286 g/mol. The number of alkyl halides is 2. The molecule has 1 aromatic heterocycles. The molecule has 0 unspecified atom stereocenters. The van der Waals surface area contributed by atoms with E-state index in [1.54, 1.807) is 12.1 Å². The lowest BCUT2D eigenvalue weighted by Crippen LogP contribution is -2.01. The molecular formula is C16H12F2N2O. The third-order valence-corrected chi connectivity index (χ3v) is 2.95. The number of aromatic amines is 1. The van der Waals surface area contributed by atoms with E-state index in [-0.39, 0.29) is 5.75 Å². The fourth-order valence-corrected chi connectivity index (χ4v) is 1.99. The fourth-order valence-electron chi connectivity index (χ4n) is 1.99. The molecule has 21 heavy (non-hydrogen) atoms. The largest absolute Gasteiger partial charge is 0.435 e. The summed E-state index contributed by atoms with van der Waals surface area (Å²) in [6, 6.07) is 14.2. The molecule has 0 saturated carbocycles. The third kappa shape index (κ3) is 3.25. The summed E-state index contributed by atoms with van der Waals surface area (Å²) in [5.74, 6) is 0.884. The summed E-state index contributed by atoms with van der Waals surface area (Å²) in [6.45, 7) is -2.80. The summed E-state index contributed by atoms with van der Waals surface area (Å²) in [5.41, 5.74) is 2.74. The Morgan fingerprint density at radius 2 is 1.76 bits per heavy atom. The summed E-state index contributed by atoms with van der Waals surface area (Å²) in [4.78, 5) is 7.60. The van der Waals surface area contributed by atoms with Crippen LogP contribution in [0.3, 0.4) is 0 Å². The van der Waals surface area contributed by atoms with E-state index in [9.17, 15) is 8.78 Å². The summed E-state index contributed by atoms with van der Waals surface area (Å²) in [7, 11) is 0. The Bertz CT molecular complexity index is 730. The molecule has 2 aromatic carbocycles. The first-order valence-corrected chi connectivity index (χ1v) is 6.38. The maximum absolute atomic E-state index is 12.0. The van der Waals surface area contributed by atoms with Gasteiger partial charge < -0.3 is 9.72 Å². The number of hydrogen-bond donors (Lipinski definition) is 1. The molecule has 3 aromatic rings. The van der Waals surface area contributed by atoms with Crippen LogP contribution in [-0.4, -0.2) is 16.6 Å². The molecule has 3 rings (SSSR count). The van der Waals surface area contributed by atoms with Crippen molar-refractivity contribution in [3.8, 4) is 5.75 Å². The first kappa shape index (κ1) is 13.3. The van der Waals surface area contributed by atoms with Crippen molar-refractivity contribution in [1.82, 2.24) is 9.97 Å². The molecule has 1 heterocycles. The summed E-state index contributed by atoms with van der Waals surface area (Å²) in [5, 5.41) is 0. The monoisotopic (exact) mass is 286 g/mol. The number of para-hydroxylation sites is 2. The molecule has 0 aliphatic heterocycles. The van der Waals surface area contributed by atoms with Crippen molar-refractivity contribution in [1.29, 1.82) is 0 Å². The highest BCUT2D eigenvalue weighted by Crippen LogP contribution is 2.17. The maximum Gasteiger partial charge on any atom is 0.387 e. The van der Waals surface area contributed by atoms with Crippen LogP contribution in [-0.2, 0) is 0 Å². The lowest BCUT2D eigenvalue weighted by molar-refractivity contribution is -0.0498. The number of H-pyrrole nitrogens is 1. The van der Waals surface area contributed by atoms with Gasteiger partial charge in [-0.25, -0.2) is 4.98 Å². The Balaban J connectivity index is 1.76. The van der Waals surface area contributed by atoms with Gasteiger partial charge in [-0.05, 0) is 35.9 Å². The van der Waals surface area contributed by atoms with Crippen molar-refractivity contribution in [3.63, 3.8) is 0 Å². The van der Waals surface area contributed by atoms with Gasteiger partial charge in [0, 0.05) is 0 Å². The second-order valence-electron chi connectivity index (χ2n) is 4.42. The molecule has 1 N–H and O–H groups in total. The smallest absolute Gasteiger partial charge is 0.387 e. The molecule has 0 fully saturated rings. The third-order valence-electron chi connectivity index (χ3n) is 2.95. The molecule has 5 heteroatoms. The van der Waals surface area contributed by atoms with Crippen LogP contribution in [0.1, 0.15) is 11.4 Å². The summed E-state index contributed by atoms with van der Waals surface area (Å²) >= 11 is 0. The van der Waals surface area contributed by atoms with Crippen molar-refractivity contribution < 1.29 is 13.5 Å². The van der Waals surface area contributed by atoms with E-state index in [1.165, 1.54) is 12.1 Å². The Kier molecular flexibility index (Phi) is 3.64. The lowest BCUT2D eigenvalue weighted by Gasteiger charge is -2.03. The predicted molar refractivity (Wildman–Crippen MR) is 78.1 cm³/mol. The fraction of sp³-hybridized carbons (Fsp3) is 0.0625. The Morgan fingerprint density at radius 3 is 2.48 bits per heavy atom. The van der Waals surface area contributed by atoms with E-state index in [4.69, 9.17) is 0 Å². The molecule has 0 radical (unpaired) electrons. The Morgan fingerprint density at radius 1 is 1.00 bits per heavy atom. The van der Waals surface area contributed by atoms with E-state index in [2.05, 4.69) is 14.7 Å². The van der Waals surface area contributed by atoms with Crippen LogP contribution in [0.2, 0.25) is 0 Å². The van der Waals surface area contributed by atoms with Gasteiger partial charge in [0.05, 0.1) is 11.0 Å². The predicted octanol–water partition coefficient (Wildman–Crippen LogP) is 4.33. The number of ether oxygens (including phenoxy) is 1. The number of halogens is 2. The van der Waals surface area contributed by atoms with E-state index < -0.39 is 6.61 Å². The number of nitrogens with one attached hydrogen (secondary N) is 1. The van der Waals surface area contributed by atoms with Crippen molar-refractivity contribution >= 4 is 23.2 Å². The zero-order valence-corrected chi connectivity index (χ0v) is 11.0. The standard InChI is InChI=1S/C16H12F2N2O/c17-16(18)21-12-8-5-11(6-9-12)7-10-15-19-13-3-1-2-4-14(13)20-15/h1-10,16H,(H,19,20)/b10-7+. The average Bonchev–Trinajstić information content (AvgIpc) is 2.89. The Hall–Kier alpha value is -2.69. The second-order valence-corrected chi connectivity index (χ2v) is 4.42. The zero-order chi connectivity index (χ0) is 14.7. The SMILES string of the molecule is FC(F)Oc1ccc(/C=C/c2nc3ccccc3[nH]2)cc1. The molecule has 3 nitrogen and oxygen atoms in total. The van der Waals surface area contributed by atoms with Gasteiger partial charge >= 0.3 is 6.61 Å². The molecule has 0 atom stereocenters. The molecule has 0 aliphatic carbocycles. The van der Waals surface area contributed by atoms with Gasteiger partial charge in [0.25, 0.3) is 0 Å². The van der Waals surface area contributed by atoms with E-state index in [1.807, 2.05) is 36.4 Å². The highest BCUT2D eigenvalue weighted by atomic mass is 19.3. The van der Waals surface area contributed by atoms with Gasteiger partial charge in [-0.1, -0.05) is 30.3 Å². The molecule has 106 valence electrons. The molecule has 0 spiro atoms. The first-order valence-electron chi connectivity index (χ1n) is 6.38. The zero-order valence-electron chi connectivity index (χ0n) is 11.0. The highest BCUT2D eigenvalue weighted by molar-refractivity contribution is 5.78. The Labute approximate surface area is 119 Å². The lowest BCUT2D eigenvalue weighted by atomic mass is 10.2. The number of hydrogen-bond acceptors (Lipinski definition) is 2. The van der Waals surface area contributed by atoms with Crippen LogP contribution in [0.15, 0.2) is 48.5 Å². The minimum Gasteiger partial charge on any atom is -0.435 e. The van der Waals surface area contributed by atoms with Gasteiger partial charge in [-0.15, -0.1) is 0 Å². The van der Waals surface area contributed by atoms with Crippen LogP contribution < -0.4 is 4.74 Å². The van der Waals surface area contributed by atoms with Gasteiger partial charge in [0.15, 0.2) is 0 Å². The van der Waals surface area contributed by atoms with Crippen LogP contribution in [0.5, 0.6) is 5.75 Å². The van der Waals surface area contributed by atoms with Gasteiger partial charge in [0.1, 0.15) is 11.6 Å². The minimum absolute atomic E-state index is 0.144. The van der Waals surface area contributed by atoms with Crippen LogP contribution in [0, 0.1) is 0 Å². The van der Waals surface area contributed by atoms with E-state index in [0.717, 1.165) is 22.4 Å². The molecular weight excluding hydrogens is 274 g/mol. The highest BCUT2D eigenvalue weighted by Gasteiger charge is 2.03. The van der Waals surface area contributed by atoms with Crippen LogP contribution in [0.25, 0.3) is 23.2 Å². The van der Waals surface area contributed by atoms with Crippen LogP contribution in [0.4, 0.5) is 8.78 Å². The quantitative estimate of drug-likeness (QED) is 0.775. The topological polar surface area (TPSA) is 37.9 Å². The second kappa shape index (κ2) is 5.75. The van der Waals surface area contributed by atoms with Gasteiger partial charge in [-0.3, -0.25) is 0 Å². The van der Waals surface area contributed by atoms with Crippen molar-refractivity contribution in [2.75, 3.05) is 0 Å². The van der Waals surface area contributed by atoms with E-state index in [0.29, 0.717) is 0 Å². The van der Waals surface area contributed by atoms with Crippen molar-refractivity contribution in [2.24, 2.45) is 0 Å². The molecule has 0 aliphatic rings. The molecule has 0 amide bonds. The van der Waals surface area contributed by atoms with Crippen molar-refractivity contribution in [3.05, 3.63) is 59.9 Å². The molecule has 0 bridgehead atoms. The summed E-state index contributed by atoms with van der Waals surface area (Å²) < 4.78 is 28.4. The summed E-state index contributed by atoms with van der Waals surface area (Å²) in [6.07, 6.45) is 3.69. The number of aromatic nitrogens is 2. The van der Waals surface area contributed by atoms with Gasteiger partial charge in [-0.2, -0.15) is 8.78 Å². The van der Waals surface area contributed by atoms with Crippen molar-refractivity contribution in [2.45, 2.75) is 6.61 Å².